The number of aryl methyl sites for hydroxylation is 1. The highest BCUT2D eigenvalue weighted by Crippen LogP contribution is 2.14. The Hall–Kier alpha value is -2.56. The zero-order chi connectivity index (χ0) is 15.2. The van der Waals surface area contributed by atoms with Crippen LogP contribution in [0.3, 0.4) is 0 Å². The summed E-state index contributed by atoms with van der Waals surface area (Å²) in [6.07, 6.45) is 0.169. The monoisotopic (exact) mass is 288 g/mol. The van der Waals surface area contributed by atoms with Gasteiger partial charge in [-0.3, -0.25) is 4.79 Å². The third kappa shape index (κ3) is 3.95. The van der Waals surface area contributed by atoms with Crippen LogP contribution in [-0.4, -0.2) is 25.5 Å². The molecule has 110 valence electrons. The molecule has 21 heavy (non-hydrogen) atoms. The van der Waals surface area contributed by atoms with Gasteiger partial charge in [-0.05, 0) is 36.8 Å². The van der Waals surface area contributed by atoms with Crippen molar-refractivity contribution in [2.45, 2.75) is 13.3 Å². The normalized spacial score (nSPS) is 10.2. The fourth-order valence-corrected chi connectivity index (χ4v) is 1.79. The van der Waals surface area contributed by atoms with Crippen molar-refractivity contribution in [3.05, 3.63) is 53.5 Å². The number of benzene rings is 1. The number of ether oxygens (including phenoxy) is 2. The first-order chi connectivity index (χ1) is 10.1. The minimum absolute atomic E-state index is 0.0143. The quantitative estimate of drug-likeness (QED) is 0.604. The van der Waals surface area contributed by atoms with Crippen molar-refractivity contribution < 1.29 is 23.5 Å². The first kappa shape index (κ1) is 14.8. The van der Waals surface area contributed by atoms with E-state index in [4.69, 9.17) is 9.15 Å². The molecule has 0 aliphatic rings. The Kier molecular flexibility index (Phi) is 4.77. The third-order valence-electron chi connectivity index (χ3n) is 2.85. The van der Waals surface area contributed by atoms with E-state index in [0.717, 1.165) is 11.3 Å². The SMILES string of the molecule is COC(=O)c1ccc(C(=O)CCOc2cccc(C)c2)o1. The topological polar surface area (TPSA) is 65.7 Å². The Balaban J connectivity index is 1.87. The van der Waals surface area contributed by atoms with E-state index in [-0.39, 0.29) is 30.3 Å². The molecule has 0 bridgehead atoms. The van der Waals surface area contributed by atoms with Gasteiger partial charge in [0.1, 0.15) is 5.75 Å². The number of furan rings is 1. The maximum Gasteiger partial charge on any atom is 0.373 e. The maximum absolute atomic E-state index is 11.9. The van der Waals surface area contributed by atoms with E-state index in [1.807, 2.05) is 31.2 Å². The standard InChI is InChI=1S/C16H16O5/c1-11-4-3-5-12(10-11)20-9-8-13(17)14-6-7-15(21-14)16(18)19-2/h3-7,10H,8-9H2,1-2H3. The molecule has 1 heterocycles. The molecule has 1 aromatic carbocycles. The lowest BCUT2D eigenvalue weighted by molar-refractivity contribution is 0.0563. The Morgan fingerprint density at radius 2 is 1.90 bits per heavy atom. The summed E-state index contributed by atoms with van der Waals surface area (Å²) in [7, 11) is 1.25. The number of ketones is 1. The lowest BCUT2D eigenvalue weighted by atomic mass is 10.2. The molecule has 0 aliphatic carbocycles. The van der Waals surface area contributed by atoms with Gasteiger partial charge < -0.3 is 13.9 Å². The van der Waals surface area contributed by atoms with Crippen molar-refractivity contribution >= 4 is 11.8 Å². The number of esters is 1. The highest BCUT2D eigenvalue weighted by molar-refractivity contribution is 5.95. The molecule has 0 aliphatic heterocycles. The van der Waals surface area contributed by atoms with Crippen LogP contribution in [0.1, 0.15) is 33.1 Å². The van der Waals surface area contributed by atoms with Gasteiger partial charge in [0.2, 0.25) is 11.5 Å². The summed E-state index contributed by atoms with van der Waals surface area (Å²) in [6.45, 7) is 2.21. The van der Waals surface area contributed by atoms with E-state index in [9.17, 15) is 9.59 Å². The zero-order valence-electron chi connectivity index (χ0n) is 11.9. The zero-order valence-corrected chi connectivity index (χ0v) is 11.9. The van der Waals surface area contributed by atoms with Gasteiger partial charge in [0.15, 0.2) is 5.76 Å². The predicted octanol–water partition coefficient (Wildman–Crippen LogP) is 3.03. The van der Waals surface area contributed by atoms with Gasteiger partial charge in [-0.15, -0.1) is 0 Å². The van der Waals surface area contributed by atoms with Crippen molar-refractivity contribution in [3.8, 4) is 5.75 Å². The predicted molar refractivity (Wildman–Crippen MR) is 75.7 cm³/mol. The van der Waals surface area contributed by atoms with E-state index >= 15 is 0 Å². The minimum atomic E-state index is -0.606. The fraction of sp³-hybridized carbons (Fsp3) is 0.250. The molecule has 0 unspecified atom stereocenters. The molecule has 0 radical (unpaired) electrons. The maximum atomic E-state index is 11.9. The van der Waals surface area contributed by atoms with E-state index in [1.54, 1.807) is 0 Å². The molecule has 0 amide bonds. The smallest absolute Gasteiger partial charge is 0.373 e. The summed E-state index contributed by atoms with van der Waals surface area (Å²) in [5.41, 5.74) is 1.09. The molecule has 0 saturated carbocycles. The Morgan fingerprint density at radius 3 is 2.62 bits per heavy atom. The van der Waals surface area contributed by atoms with Crippen molar-refractivity contribution in [1.82, 2.24) is 0 Å². The molecule has 0 atom stereocenters. The first-order valence-corrected chi connectivity index (χ1v) is 6.51. The van der Waals surface area contributed by atoms with Crippen LogP contribution in [0.2, 0.25) is 0 Å². The largest absolute Gasteiger partial charge is 0.493 e. The molecule has 2 aromatic rings. The number of hydrogen-bond donors (Lipinski definition) is 0. The van der Waals surface area contributed by atoms with E-state index in [0.29, 0.717) is 0 Å². The molecule has 0 spiro atoms. The summed E-state index contributed by atoms with van der Waals surface area (Å²) in [6, 6.07) is 10.5. The average Bonchev–Trinajstić information content (AvgIpc) is 2.96. The second kappa shape index (κ2) is 6.74. The molecule has 1 aromatic heterocycles. The molecular weight excluding hydrogens is 272 g/mol. The van der Waals surface area contributed by atoms with Crippen LogP contribution in [0, 0.1) is 6.92 Å². The minimum Gasteiger partial charge on any atom is -0.493 e. The lowest BCUT2D eigenvalue weighted by Gasteiger charge is -2.05. The van der Waals surface area contributed by atoms with E-state index in [1.165, 1.54) is 19.2 Å². The molecule has 2 rings (SSSR count). The van der Waals surface area contributed by atoms with Crippen LogP contribution in [0.25, 0.3) is 0 Å². The van der Waals surface area contributed by atoms with E-state index < -0.39 is 5.97 Å². The number of rotatable bonds is 6. The molecule has 0 N–H and O–H groups in total. The van der Waals surface area contributed by atoms with Crippen LogP contribution < -0.4 is 4.74 Å². The highest BCUT2D eigenvalue weighted by Gasteiger charge is 2.15. The Bertz CT molecular complexity index is 642. The third-order valence-corrected chi connectivity index (χ3v) is 2.85. The average molecular weight is 288 g/mol. The number of carbonyl (C=O) groups is 2. The summed E-state index contributed by atoms with van der Waals surface area (Å²) in [5, 5.41) is 0. The van der Waals surface area contributed by atoms with Crippen molar-refractivity contribution in [1.29, 1.82) is 0 Å². The van der Waals surface area contributed by atoms with Crippen LogP contribution in [0.5, 0.6) is 5.75 Å². The lowest BCUT2D eigenvalue weighted by Crippen LogP contribution is -2.06. The van der Waals surface area contributed by atoms with Gasteiger partial charge in [-0.1, -0.05) is 12.1 Å². The number of carbonyl (C=O) groups excluding carboxylic acids is 2. The summed E-state index contributed by atoms with van der Waals surface area (Å²) in [4.78, 5) is 23.1. The van der Waals surface area contributed by atoms with Crippen LogP contribution >= 0.6 is 0 Å². The second-order valence-electron chi connectivity index (χ2n) is 4.49. The summed E-state index contributed by atoms with van der Waals surface area (Å²) in [5.74, 6) is 0.0315. The number of Topliss-reactive ketones (excluding diaryl/α,β-unsaturated/α-hetero) is 1. The van der Waals surface area contributed by atoms with E-state index in [2.05, 4.69) is 4.74 Å². The summed E-state index contributed by atoms with van der Waals surface area (Å²) < 4.78 is 15.2. The first-order valence-electron chi connectivity index (χ1n) is 6.51. The van der Waals surface area contributed by atoms with Gasteiger partial charge in [-0.25, -0.2) is 4.79 Å². The molecular formula is C16H16O5. The van der Waals surface area contributed by atoms with Crippen LogP contribution in [0.4, 0.5) is 0 Å². The molecule has 5 nitrogen and oxygen atoms in total. The molecule has 0 fully saturated rings. The van der Waals surface area contributed by atoms with Gasteiger partial charge in [0.05, 0.1) is 13.7 Å². The van der Waals surface area contributed by atoms with Gasteiger partial charge >= 0.3 is 5.97 Å². The van der Waals surface area contributed by atoms with Crippen LogP contribution in [-0.2, 0) is 4.74 Å². The highest BCUT2D eigenvalue weighted by atomic mass is 16.5. The molecule has 5 heteroatoms. The number of methoxy groups -OCH3 is 1. The van der Waals surface area contributed by atoms with Crippen molar-refractivity contribution in [3.63, 3.8) is 0 Å². The van der Waals surface area contributed by atoms with Gasteiger partial charge in [0.25, 0.3) is 0 Å². The number of hydrogen-bond acceptors (Lipinski definition) is 5. The van der Waals surface area contributed by atoms with Gasteiger partial charge in [-0.2, -0.15) is 0 Å². The van der Waals surface area contributed by atoms with Crippen molar-refractivity contribution in [2.75, 3.05) is 13.7 Å². The fourth-order valence-electron chi connectivity index (χ4n) is 1.79. The van der Waals surface area contributed by atoms with Gasteiger partial charge in [0, 0.05) is 6.42 Å². The van der Waals surface area contributed by atoms with Crippen molar-refractivity contribution in [2.24, 2.45) is 0 Å². The summed E-state index contributed by atoms with van der Waals surface area (Å²) >= 11 is 0. The Morgan fingerprint density at radius 1 is 1.14 bits per heavy atom. The Labute approximate surface area is 122 Å². The van der Waals surface area contributed by atoms with Crippen LogP contribution in [0.15, 0.2) is 40.8 Å². The molecule has 0 saturated heterocycles. The second-order valence-corrected chi connectivity index (χ2v) is 4.49.